The molecule has 1 saturated carbocycles. The molecule has 4 rings (SSSR count). The molecule has 2 aromatic heterocycles. The SMILES string of the molecule is Cc1nn(C2CCCC2)cc1S(=O)(=O)Nc1nc2ccc(S(C)(=O)=O)cc2s1. The number of thiazole rings is 1. The standard InChI is InChI=1S/C17H20N4O4S3/c1-11-16(10-21(19-11)12-5-3-4-6-12)28(24,25)20-17-18-14-8-7-13(27(2,22)23)9-15(14)26-17/h7-10,12H,3-6H2,1-2H3,(H,18,20). The lowest BCUT2D eigenvalue weighted by Crippen LogP contribution is -2.13. The second-order valence-corrected chi connectivity index (χ2v) is 11.7. The topological polar surface area (TPSA) is 111 Å². The van der Waals surface area contributed by atoms with Gasteiger partial charge in [0.05, 0.1) is 26.8 Å². The maximum atomic E-state index is 12.9. The van der Waals surface area contributed by atoms with Gasteiger partial charge in [0.2, 0.25) is 0 Å². The van der Waals surface area contributed by atoms with Crippen LogP contribution in [0.4, 0.5) is 5.13 Å². The van der Waals surface area contributed by atoms with E-state index < -0.39 is 19.9 Å². The maximum absolute atomic E-state index is 12.9. The molecule has 28 heavy (non-hydrogen) atoms. The van der Waals surface area contributed by atoms with Crippen LogP contribution in [0.25, 0.3) is 10.2 Å². The molecule has 11 heteroatoms. The fourth-order valence-electron chi connectivity index (χ4n) is 3.43. The number of aromatic nitrogens is 3. The van der Waals surface area contributed by atoms with Crippen LogP contribution in [0, 0.1) is 6.92 Å². The lowest BCUT2D eigenvalue weighted by atomic mass is 10.3. The zero-order chi connectivity index (χ0) is 20.1. The molecule has 3 aromatic rings. The number of sulfonamides is 1. The number of hydrogen-bond acceptors (Lipinski definition) is 7. The van der Waals surface area contributed by atoms with Gasteiger partial charge in [0.25, 0.3) is 10.0 Å². The molecule has 0 saturated heterocycles. The molecule has 1 aliphatic carbocycles. The molecule has 0 spiro atoms. The molecule has 8 nitrogen and oxygen atoms in total. The van der Waals surface area contributed by atoms with Crippen molar-refractivity contribution in [2.24, 2.45) is 0 Å². The van der Waals surface area contributed by atoms with Crippen LogP contribution in [0.1, 0.15) is 37.4 Å². The summed E-state index contributed by atoms with van der Waals surface area (Å²) in [4.78, 5) is 4.57. The summed E-state index contributed by atoms with van der Waals surface area (Å²) in [6, 6.07) is 4.79. The van der Waals surface area contributed by atoms with E-state index in [2.05, 4.69) is 14.8 Å². The fraction of sp³-hybridized carbons (Fsp3) is 0.412. The lowest BCUT2D eigenvalue weighted by molar-refractivity contribution is 0.464. The highest BCUT2D eigenvalue weighted by Gasteiger charge is 2.25. The van der Waals surface area contributed by atoms with Crippen LogP contribution in [0.15, 0.2) is 34.2 Å². The Morgan fingerprint density at radius 2 is 1.89 bits per heavy atom. The molecule has 2 heterocycles. The van der Waals surface area contributed by atoms with Crippen LogP contribution in [-0.2, 0) is 19.9 Å². The Bertz CT molecular complexity index is 1250. The number of sulfone groups is 1. The average molecular weight is 441 g/mol. The minimum Gasteiger partial charge on any atom is -0.268 e. The smallest absolute Gasteiger partial charge is 0.267 e. The van der Waals surface area contributed by atoms with Crippen LogP contribution in [0.3, 0.4) is 0 Å². The highest BCUT2D eigenvalue weighted by atomic mass is 32.2. The van der Waals surface area contributed by atoms with Gasteiger partial charge in [-0.15, -0.1) is 0 Å². The van der Waals surface area contributed by atoms with Crippen LogP contribution < -0.4 is 4.72 Å². The number of aryl methyl sites for hydroxylation is 1. The Morgan fingerprint density at radius 3 is 2.57 bits per heavy atom. The van der Waals surface area contributed by atoms with Gasteiger partial charge in [-0.25, -0.2) is 21.8 Å². The first kappa shape index (κ1) is 19.3. The minimum atomic E-state index is -3.84. The first-order chi connectivity index (χ1) is 13.1. The van der Waals surface area contributed by atoms with Gasteiger partial charge in [-0.05, 0) is 38.0 Å². The van der Waals surface area contributed by atoms with Crippen molar-refractivity contribution < 1.29 is 16.8 Å². The third-order valence-corrected chi connectivity index (χ3v) is 8.48. The van der Waals surface area contributed by atoms with Gasteiger partial charge in [0.1, 0.15) is 4.90 Å². The summed E-state index contributed by atoms with van der Waals surface area (Å²) in [5.41, 5.74) is 0.980. The molecular weight excluding hydrogens is 420 g/mol. The van der Waals surface area contributed by atoms with Crippen molar-refractivity contribution in [3.05, 3.63) is 30.1 Å². The Balaban J connectivity index is 1.64. The van der Waals surface area contributed by atoms with Gasteiger partial charge in [-0.2, -0.15) is 5.10 Å². The minimum absolute atomic E-state index is 0.135. The summed E-state index contributed by atoms with van der Waals surface area (Å²) in [5, 5.41) is 4.58. The molecule has 1 fully saturated rings. The summed E-state index contributed by atoms with van der Waals surface area (Å²) in [7, 11) is -7.19. The molecule has 0 aliphatic heterocycles. The van der Waals surface area contributed by atoms with E-state index in [4.69, 9.17) is 0 Å². The summed E-state index contributed by atoms with van der Waals surface area (Å²) in [6.45, 7) is 1.68. The van der Waals surface area contributed by atoms with Crippen molar-refractivity contribution in [2.45, 2.75) is 48.4 Å². The molecule has 0 unspecified atom stereocenters. The zero-order valence-electron chi connectivity index (χ0n) is 15.4. The quantitative estimate of drug-likeness (QED) is 0.652. The lowest BCUT2D eigenvalue weighted by Gasteiger charge is -2.08. The monoisotopic (exact) mass is 440 g/mol. The number of anilines is 1. The Hall–Kier alpha value is -1.98. The molecule has 0 radical (unpaired) electrons. The van der Waals surface area contributed by atoms with E-state index in [1.165, 1.54) is 12.1 Å². The first-order valence-corrected chi connectivity index (χ1v) is 13.0. The van der Waals surface area contributed by atoms with Gasteiger partial charge in [0, 0.05) is 12.5 Å². The largest absolute Gasteiger partial charge is 0.268 e. The van der Waals surface area contributed by atoms with E-state index in [-0.39, 0.29) is 21.0 Å². The highest BCUT2D eigenvalue weighted by molar-refractivity contribution is 7.93. The number of rotatable bonds is 5. The van der Waals surface area contributed by atoms with E-state index in [0.717, 1.165) is 43.3 Å². The van der Waals surface area contributed by atoms with E-state index in [1.54, 1.807) is 23.9 Å². The van der Waals surface area contributed by atoms with Gasteiger partial charge in [-0.1, -0.05) is 24.2 Å². The maximum Gasteiger partial charge on any atom is 0.267 e. The van der Waals surface area contributed by atoms with Crippen molar-refractivity contribution in [1.82, 2.24) is 14.8 Å². The normalized spacial score (nSPS) is 16.1. The number of benzene rings is 1. The van der Waals surface area contributed by atoms with Gasteiger partial charge in [-0.3, -0.25) is 9.40 Å². The molecule has 1 aliphatic rings. The third kappa shape index (κ3) is 3.65. The first-order valence-electron chi connectivity index (χ1n) is 8.83. The van der Waals surface area contributed by atoms with Gasteiger partial charge < -0.3 is 0 Å². The van der Waals surface area contributed by atoms with Gasteiger partial charge >= 0.3 is 0 Å². The third-order valence-electron chi connectivity index (χ3n) is 4.87. The van der Waals surface area contributed by atoms with E-state index in [9.17, 15) is 16.8 Å². The van der Waals surface area contributed by atoms with E-state index >= 15 is 0 Å². The van der Waals surface area contributed by atoms with Gasteiger partial charge in [0.15, 0.2) is 15.0 Å². The van der Waals surface area contributed by atoms with Crippen molar-refractivity contribution in [3.63, 3.8) is 0 Å². The molecule has 150 valence electrons. The molecule has 0 amide bonds. The Labute approximate surface area is 167 Å². The van der Waals surface area contributed by atoms with Crippen molar-refractivity contribution in [3.8, 4) is 0 Å². The predicted molar refractivity (Wildman–Crippen MR) is 108 cm³/mol. The number of nitrogens with one attached hydrogen (secondary N) is 1. The predicted octanol–water partition coefficient (Wildman–Crippen LogP) is 3.12. The van der Waals surface area contributed by atoms with Crippen LogP contribution in [0.2, 0.25) is 0 Å². The summed E-state index contributed by atoms with van der Waals surface area (Å²) < 4.78 is 54.0. The second kappa shape index (κ2) is 6.82. The summed E-state index contributed by atoms with van der Waals surface area (Å²) in [5.74, 6) is 0. The highest BCUT2D eigenvalue weighted by Crippen LogP contribution is 2.32. The molecular formula is C17H20N4O4S3. The van der Waals surface area contributed by atoms with E-state index in [1.807, 2.05) is 0 Å². The van der Waals surface area contributed by atoms with Crippen molar-refractivity contribution in [2.75, 3.05) is 11.0 Å². The zero-order valence-corrected chi connectivity index (χ0v) is 17.9. The van der Waals surface area contributed by atoms with Crippen molar-refractivity contribution in [1.29, 1.82) is 0 Å². The molecule has 1 aromatic carbocycles. The molecule has 0 bridgehead atoms. The second-order valence-electron chi connectivity index (χ2n) is 7.02. The number of nitrogens with zero attached hydrogens (tertiary/aromatic N) is 3. The average Bonchev–Trinajstić information content (AvgIpc) is 3.30. The number of fused-ring (bicyclic) bond motifs is 1. The summed E-state index contributed by atoms with van der Waals surface area (Å²) in [6.07, 6.45) is 6.99. The van der Waals surface area contributed by atoms with Crippen LogP contribution in [0.5, 0.6) is 0 Å². The van der Waals surface area contributed by atoms with Crippen LogP contribution >= 0.6 is 11.3 Å². The van der Waals surface area contributed by atoms with Crippen LogP contribution in [-0.4, -0.2) is 37.9 Å². The summed E-state index contributed by atoms with van der Waals surface area (Å²) >= 11 is 1.09. The Kier molecular flexibility index (Phi) is 4.71. The Morgan fingerprint density at radius 1 is 1.18 bits per heavy atom. The number of hydrogen-bond donors (Lipinski definition) is 1. The molecule has 1 N–H and O–H groups in total. The van der Waals surface area contributed by atoms with E-state index in [0.29, 0.717) is 15.9 Å². The van der Waals surface area contributed by atoms with Crippen molar-refractivity contribution >= 4 is 46.5 Å². The molecule has 0 atom stereocenters. The fourth-order valence-corrected chi connectivity index (χ4v) is 6.47.